The van der Waals surface area contributed by atoms with Crippen LogP contribution in [0, 0.1) is 0 Å². The maximum Gasteiger partial charge on any atom is 0.337 e. The maximum absolute atomic E-state index is 10.9. The van der Waals surface area contributed by atoms with E-state index in [0.29, 0.717) is 0 Å². The number of hydrogen-bond acceptors (Lipinski definition) is 4. The topological polar surface area (TPSA) is 88.2 Å². The van der Waals surface area contributed by atoms with Crippen LogP contribution in [0.15, 0.2) is 30.6 Å². The zero-order valence-electron chi connectivity index (χ0n) is 7.53. The molecule has 2 rings (SSSR count). The SMILES string of the molecule is O=C(O)c1ccc(O)cc1-n1nccn1. The van der Waals surface area contributed by atoms with E-state index in [1.54, 1.807) is 0 Å². The van der Waals surface area contributed by atoms with Crippen LogP contribution in [0.2, 0.25) is 0 Å². The third-order valence-electron chi connectivity index (χ3n) is 1.85. The van der Waals surface area contributed by atoms with Gasteiger partial charge in [-0.25, -0.2) is 4.79 Å². The molecule has 76 valence electrons. The Kier molecular flexibility index (Phi) is 2.09. The molecule has 6 heteroatoms. The van der Waals surface area contributed by atoms with E-state index in [-0.39, 0.29) is 17.0 Å². The Hall–Kier alpha value is -2.37. The molecule has 6 nitrogen and oxygen atoms in total. The Morgan fingerprint density at radius 2 is 1.93 bits per heavy atom. The smallest absolute Gasteiger partial charge is 0.337 e. The van der Waals surface area contributed by atoms with E-state index >= 15 is 0 Å². The number of nitrogens with zero attached hydrogens (tertiary/aromatic N) is 3. The molecule has 1 aromatic carbocycles. The average molecular weight is 205 g/mol. The van der Waals surface area contributed by atoms with Crippen LogP contribution in [0.5, 0.6) is 5.75 Å². The van der Waals surface area contributed by atoms with Gasteiger partial charge >= 0.3 is 5.97 Å². The highest BCUT2D eigenvalue weighted by atomic mass is 16.4. The molecular formula is C9H7N3O3. The fourth-order valence-electron chi connectivity index (χ4n) is 1.21. The van der Waals surface area contributed by atoms with Crippen LogP contribution in [0.1, 0.15) is 10.4 Å². The third kappa shape index (κ3) is 1.64. The van der Waals surface area contributed by atoms with Crippen LogP contribution >= 0.6 is 0 Å². The van der Waals surface area contributed by atoms with Crippen molar-refractivity contribution in [1.82, 2.24) is 15.0 Å². The number of phenols is 1. The first-order valence-corrected chi connectivity index (χ1v) is 4.11. The Bertz CT molecular complexity index is 493. The molecule has 2 aromatic rings. The van der Waals surface area contributed by atoms with Gasteiger partial charge in [-0.15, -0.1) is 0 Å². The summed E-state index contributed by atoms with van der Waals surface area (Å²) in [7, 11) is 0. The second-order valence-electron chi connectivity index (χ2n) is 2.83. The van der Waals surface area contributed by atoms with Gasteiger partial charge in [-0.3, -0.25) is 0 Å². The van der Waals surface area contributed by atoms with E-state index in [4.69, 9.17) is 5.11 Å². The number of phenolic OH excluding ortho intramolecular Hbond substituents is 1. The van der Waals surface area contributed by atoms with Crippen molar-refractivity contribution in [2.45, 2.75) is 0 Å². The molecule has 0 saturated heterocycles. The van der Waals surface area contributed by atoms with Gasteiger partial charge in [-0.1, -0.05) is 0 Å². The number of carboxylic acids is 1. The van der Waals surface area contributed by atoms with Gasteiger partial charge in [0.15, 0.2) is 0 Å². The van der Waals surface area contributed by atoms with Crippen LogP contribution < -0.4 is 0 Å². The fraction of sp³-hybridized carbons (Fsp3) is 0. The van der Waals surface area contributed by atoms with E-state index in [1.807, 2.05) is 0 Å². The van der Waals surface area contributed by atoms with E-state index < -0.39 is 5.97 Å². The lowest BCUT2D eigenvalue weighted by Crippen LogP contribution is -2.07. The van der Waals surface area contributed by atoms with Crippen molar-refractivity contribution < 1.29 is 15.0 Å². The zero-order valence-corrected chi connectivity index (χ0v) is 7.53. The van der Waals surface area contributed by atoms with E-state index in [0.717, 1.165) is 4.80 Å². The van der Waals surface area contributed by atoms with Gasteiger partial charge in [0.1, 0.15) is 11.4 Å². The molecule has 0 fully saturated rings. The zero-order chi connectivity index (χ0) is 10.8. The molecule has 0 amide bonds. The maximum atomic E-state index is 10.9. The van der Waals surface area contributed by atoms with Crippen LogP contribution in [0.3, 0.4) is 0 Å². The first-order valence-electron chi connectivity index (χ1n) is 4.11. The summed E-state index contributed by atoms with van der Waals surface area (Å²) in [6.45, 7) is 0. The van der Waals surface area contributed by atoms with Crippen molar-refractivity contribution in [3.8, 4) is 11.4 Å². The van der Waals surface area contributed by atoms with Crippen LogP contribution in [0.4, 0.5) is 0 Å². The molecule has 0 saturated carbocycles. The molecule has 15 heavy (non-hydrogen) atoms. The minimum absolute atomic E-state index is 0.0315. The summed E-state index contributed by atoms with van der Waals surface area (Å²) in [6, 6.07) is 3.90. The molecule has 0 aliphatic carbocycles. The number of hydrogen-bond donors (Lipinski definition) is 2. The quantitative estimate of drug-likeness (QED) is 0.752. The van der Waals surface area contributed by atoms with Crippen molar-refractivity contribution in [3.63, 3.8) is 0 Å². The summed E-state index contributed by atoms with van der Waals surface area (Å²) in [5.74, 6) is -1.13. The Balaban J connectivity index is 2.63. The molecular weight excluding hydrogens is 198 g/mol. The lowest BCUT2D eigenvalue weighted by Gasteiger charge is -2.04. The highest BCUT2D eigenvalue weighted by Crippen LogP contribution is 2.19. The fourth-order valence-corrected chi connectivity index (χ4v) is 1.21. The third-order valence-corrected chi connectivity index (χ3v) is 1.85. The van der Waals surface area contributed by atoms with Gasteiger partial charge in [-0.05, 0) is 12.1 Å². The number of aromatic hydroxyl groups is 1. The van der Waals surface area contributed by atoms with Crippen molar-refractivity contribution in [2.24, 2.45) is 0 Å². The minimum Gasteiger partial charge on any atom is -0.508 e. The van der Waals surface area contributed by atoms with Gasteiger partial charge < -0.3 is 10.2 Å². The summed E-state index contributed by atoms with van der Waals surface area (Å²) in [5, 5.41) is 25.8. The largest absolute Gasteiger partial charge is 0.508 e. The van der Waals surface area contributed by atoms with E-state index in [9.17, 15) is 9.90 Å². The summed E-state index contributed by atoms with van der Waals surface area (Å²) in [4.78, 5) is 12.0. The van der Waals surface area contributed by atoms with Crippen molar-refractivity contribution in [1.29, 1.82) is 0 Å². The monoisotopic (exact) mass is 205 g/mol. The number of rotatable bonds is 2. The predicted octanol–water partition coefficient (Wildman–Crippen LogP) is 0.671. The van der Waals surface area contributed by atoms with Gasteiger partial charge in [0, 0.05) is 6.07 Å². The highest BCUT2D eigenvalue weighted by Gasteiger charge is 2.13. The Morgan fingerprint density at radius 3 is 2.53 bits per heavy atom. The van der Waals surface area contributed by atoms with Crippen molar-refractivity contribution in [3.05, 3.63) is 36.2 Å². The standard InChI is InChI=1S/C9H7N3O3/c13-6-1-2-7(9(14)15)8(5-6)12-10-3-4-11-12/h1-5,13H,(H,14,15). The van der Waals surface area contributed by atoms with Crippen LogP contribution in [-0.4, -0.2) is 31.2 Å². The summed E-state index contributed by atoms with van der Waals surface area (Å²) in [6.07, 6.45) is 2.85. The van der Waals surface area contributed by atoms with Gasteiger partial charge in [0.25, 0.3) is 0 Å². The molecule has 0 spiro atoms. The number of carbonyl (C=O) groups is 1. The number of carboxylic acid groups (broad SMARTS) is 1. The minimum atomic E-state index is -1.10. The van der Waals surface area contributed by atoms with E-state index in [2.05, 4.69) is 10.2 Å². The summed E-state index contributed by atoms with van der Waals surface area (Å²) in [5.41, 5.74) is 0.261. The average Bonchev–Trinajstić information content (AvgIpc) is 2.69. The number of aromatic carboxylic acids is 1. The molecule has 1 heterocycles. The molecule has 1 aromatic heterocycles. The van der Waals surface area contributed by atoms with Gasteiger partial charge in [0.2, 0.25) is 0 Å². The molecule has 0 unspecified atom stereocenters. The molecule has 0 atom stereocenters. The van der Waals surface area contributed by atoms with Gasteiger partial charge in [-0.2, -0.15) is 15.0 Å². The Morgan fingerprint density at radius 1 is 1.27 bits per heavy atom. The lowest BCUT2D eigenvalue weighted by atomic mass is 10.2. The molecule has 0 aliphatic rings. The summed E-state index contributed by atoms with van der Waals surface area (Å²) >= 11 is 0. The normalized spacial score (nSPS) is 10.1. The van der Waals surface area contributed by atoms with Gasteiger partial charge in [0.05, 0.1) is 18.0 Å². The second kappa shape index (κ2) is 3.41. The molecule has 0 radical (unpaired) electrons. The molecule has 0 aliphatic heterocycles. The lowest BCUT2D eigenvalue weighted by molar-refractivity contribution is 0.0696. The first kappa shape index (κ1) is 9.20. The van der Waals surface area contributed by atoms with Crippen LogP contribution in [0.25, 0.3) is 5.69 Å². The van der Waals surface area contributed by atoms with Crippen molar-refractivity contribution >= 4 is 5.97 Å². The predicted molar refractivity (Wildman–Crippen MR) is 50.0 cm³/mol. The molecule has 0 bridgehead atoms. The molecule has 2 N–H and O–H groups in total. The van der Waals surface area contributed by atoms with Crippen molar-refractivity contribution in [2.75, 3.05) is 0 Å². The second-order valence-corrected chi connectivity index (χ2v) is 2.83. The van der Waals surface area contributed by atoms with Crippen LogP contribution in [-0.2, 0) is 0 Å². The first-order chi connectivity index (χ1) is 7.18. The summed E-state index contributed by atoms with van der Waals surface area (Å²) < 4.78 is 0. The Labute approximate surface area is 84.4 Å². The van der Waals surface area contributed by atoms with E-state index in [1.165, 1.54) is 30.6 Å². The highest BCUT2D eigenvalue weighted by molar-refractivity contribution is 5.92. The number of aromatic nitrogens is 3. The number of benzene rings is 1.